The molecule has 0 amide bonds. The molecule has 0 aliphatic carbocycles. The first-order chi connectivity index (χ1) is 2.00. The molecular weight excluding hydrogens is 170 g/mol. The van der Waals surface area contributed by atoms with Gasteiger partial charge in [-0.05, 0) is 0 Å². The van der Waals surface area contributed by atoms with Crippen molar-refractivity contribution < 1.29 is 42.9 Å². The summed E-state index contributed by atoms with van der Waals surface area (Å²) in [6.45, 7) is 0. The van der Waals surface area contributed by atoms with Gasteiger partial charge in [0.05, 0.1) is 0 Å². The minimum absolute atomic E-state index is 0. The van der Waals surface area contributed by atoms with Crippen LogP contribution in [0.1, 0.15) is 0 Å². The Balaban J connectivity index is -0.0000000800. The summed E-state index contributed by atoms with van der Waals surface area (Å²) in [5.74, 6) is 0. The van der Waals surface area contributed by atoms with Crippen LogP contribution < -0.4 is 33.7 Å². The molecule has 7 heavy (non-hydrogen) atoms. The molecule has 0 atom stereocenters. The Hall–Kier alpha value is 1.28. The van der Waals surface area contributed by atoms with Gasteiger partial charge in [-0.2, -0.15) is 0 Å². The number of hydrogen-bond acceptors (Lipinski definition) is 2. The second-order valence-corrected chi connectivity index (χ2v) is 6.51. The maximum Gasteiger partial charge on any atom is 1.00 e. The fourth-order valence-corrected chi connectivity index (χ4v) is 0. The van der Waals surface area contributed by atoms with Gasteiger partial charge in [0.25, 0.3) is 0 Å². The third kappa shape index (κ3) is 124. The van der Waals surface area contributed by atoms with E-state index in [9.17, 15) is 7.84 Å². The molecule has 0 aromatic rings. The van der Waals surface area contributed by atoms with Crippen molar-refractivity contribution in [3.8, 4) is 0 Å². The molecule has 40 valence electrons. The van der Waals surface area contributed by atoms with Crippen LogP contribution in [-0.4, -0.2) is 19.3 Å². The monoisotopic (exact) mass is 178 g/mol. The normalized spacial score (nSPS) is 8.43. The van der Waals surface area contributed by atoms with Crippen LogP contribution in [0.4, 0.5) is 0 Å². The predicted octanol–water partition coefficient (Wildman–Crippen LogP) is -4.34. The molecule has 0 aromatic heterocycles. The van der Waals surface area contributed by atoms with Crippen LogP contribution in [0.3, 0.4) is 0 Å². The molecular formula is C2H8AsNaO3. The van der Waals surface area contributed by atoms with Crippen molar-refractivity contribution in [3.63, 3.8) is 0 Å². The van der Waals surface area contributed by atoms with Gasteiger partial charge in [0.2, 0.25) is 0 Å². The van der Waals surface area contributed by atoms with E-state index >= 15 is 0 Å². The zero-order chi connectivity index (χ0) is 4.50. The van der Waals surface area contributed by atoms with Crippen molar-refractivity contribution in [1.29, 1.82) is 0 Å². The zero-order valence-corrected chi connectivity index (χ0v) is 8.64. The molecule has 0 aromatic carbocycles. The fraction of sp³-hybridized carbons (Fsp3) is 1.00. The van der Waals surface area contributed by atoms with Gasteiger partial charge in [-0.25, -0.2) is 0 Å². The Kier molecular flexibility index (Phi) is 12.2. The van der Waals surface area contributed by atoms with E-state index < -0.39 is 13.8 Å². The van der Waals surface area contributed by atoms with Gasteiger partial charge in [-0.3, -0.25) is 0 Å². The molecule has 0 fully saturated rings. The summed E-state index contributed by atoms with van der Waals surface area (Å²) in [6, 6.07) is 0. The minimum Gasteiger partial charge on any atom is -0.412 e. The topological polar surface area (TPSA) is 71.6 Å². The summed E-state index contributed by atoms with van der Waals surface area (Å²) < 4.78 is 19.4. The van der Waals surface area contributed by atoms with Crippen molar-refractivity contribution >= 4 is 13.8 Å². The Labute approximate surface area is 67.7 Å². The van der Waals surface area contributed by atoms with E-state index in [1.807, 2.05) is 0 Å². The Morgan fingerprint density at radius 3 is 1.43 bits per heavy atom. The van der Waals surface area contributed by atoms with Gasteiger partial charge in [-0.15, -0.1) is 0 Å². The van der Waals surface area contributed by atoms with Gasteiger partial charge in [0, 0.05) is 0 Å². The van der Waals surface area contributed by atoms with Crippen LogP contribution in [0, 0.1) is 0 Å². The minimum atomic E-state index is -3.38. The molecule has 0 heterocycles. The van der Waals surface area contributed by atoms with Crippen LogP contribution in [0.5, 0.6) is 0 Å². The van der Waals surface area contributed by atoms with Crippen molar-refractivity contribution in [2.45, 2.75) is 11.4 Å². The van der Waals surface area contributed by atoms with Crippen molar-refractivity contribution in [3.05, 3.63) is 0 Å². The maximum atomic E-state index is 9.72. The van der Waals surface area contributed by atoms with Crippen LogP contribution in [-0.2, 0) is 3.74 Å². The molecule has 0 radical (unpaired) electrons. The van der Waals surface area contributed by atoms with E-state index in [1.165, 1.54) is 11.4 Å². The maximum absolute atomic E-state index is 9.72. The summed E-state index contributed by atoms with van der Waals surface area (Å²) in [7, 11) is 0. The van der Waals surface area contributed by atoms with Crippen LogP contribution in [0.2, 0.25) is 11.4 Å². The van der Waals surface area contributed by atoms with Crippen LogP contribution in [0.15, 0.2) is 0 Å². The molecule has 0 spiro atoms. The molecule has 5 heteroatoms. The number of rotatable bonds is 0. The first-order valence-electron chi connectivity index (χ1n) is 1.26. The Morgan fingerprint density at radius 2 is 1.43 bits per heavy atom. The largest absolute Gasteiger partial charge is 1.00 e. The van der Waals surface area contributed by atoms with Gasteiger partial charge < -0.3 is 5.48 Å². The van der Waals surface area contributed by atoms with E-state index in [4.69, 9.17) is 0 Å². The van der Waals surface area contributed by atoms with E-state index in [1.54, 1.807) is 0 Å². The molecule has 0 aliphatic heterocycles. The first-order valence-corrected chi connectivity index (χ1v) is 6.54. The summed E-state index contributed by atoms with van der Waals surface area (Å²) in [5, 5.41) is 0. The summed E-state index contributed by atoms with van der Waals surface area (Å²) in [4.78, 5) is 0. The second kappa shape index (κ2) is 5.42. The van der Waals surface area contributed by atoms with Crippen LogP contribution >= 0.6 is 0 Å². The zero-order valence-electron chi connectivity index (χ0n) is 4.76. The third-order valence-electron chi connectivity index (χ3n) is 0. The van der Waals surface area contributed by atoms with E-state index in [0.717, 1.165) is 0 Å². The fourth-order valence-electron chi connectivity index (χ4n) is 0. The smallest absolute Gasteiger partial charge is 0.412 e. The molecule has 0 aliphatic rings. The molecule has 0 unspecified atom stereocenters. The van der Waals surface area contributed by atoms with Gasteiger partial charge in [0.15, 0.2) is 0 Å². The average Bonchev–Trinajstić information content (AvgIpc) is 0.722. The van der Waals surface area contributed by atoms with Gasteiger partial charge in [-0.1, -0.05) is 0 Å². The standard InChI is InChI=1S/C2H7AsO2.Na.H2O/c1-3(2,4)5;;/h1-2H3,(H,4,5);;1H2/q;+1;/p-1. The van der Waals surface area contributed by atoms with Crippen molar-refractivity contribution in [1.82, 2.24) is 0 Å². The van der Waals surface area contributed by atoms with E-state index in [2.05, 4.69) is 0 Å². The second-order valence-electron chi connectivity index (χ2n) is 1.25. The summed E-state index contributed by atoms with van der Waals surface area (Å²) in [6.07, 6.45) is 0. The molecule has 0 bridgehead atoms. The molecule has 0 saturated heterocycles. The summed E-state index contributed by atoms with van der Waals surface area (Å²) >= 11 is -3.38. The average molecular weight is 178 g/mol. The summed E-state index contributed by atoms with van der Waals surface area (Å²) in [5.41, 5.74) is 2.50. The molecule has 2 N–H and O–H groups in total. The van der Waals surface area contributed by atoms with E-state index in [-0.39, 0.29) is 35.0 Å². The molecule has 3 nitrogen and oxygen atoms in total. The predicted molar refractivity (Wildman–Crippen MR) is 21.8 cm³/mol. The quantitative estimate of drug-likeness (QED) is 0.352. The van der Waals surface area contributed by atoms with Gasteiger partial charge >= 0.3 is 62.6 Å². The van der Waals surface area contributed by atoms with Gasteiger partial charge in [0.1, 0.15) is 0 Å². The van der Waals surface area contributed by atoms with E-state index in [0.29, 0.717) is 0 Å². The Bertz CT molecular complexity index is 59.1. The third-order valence-corrected chi connectivity index (χ3v) is 0. The molecule has 0 saturated carbocycles. The van der Waals surface area contributed by atoms with Crippen molar-refractivity contribution in [2.24, 2.45) is 0 Å². The SMILES string of the molecule is C[As](C)(=O)[O-].O.[Na+]. The first kappa shape index (κ1) is 15.7. The Morgan fingerprint density at radius 1 is 1.43 bits per heavy atom. The van der Waals surface area contributed by atoms with Crippen LogP contribution in [0.25, 0.3) is 0 Å². The number of hydrogen-bond donors (Lipinski definition) is 0. The molecule has 0 rings (SSSR count). The van der Waals surface area contributed by atoms with Crippen molar-refractivity contribution in [2.75, 3.05) is 0 Å².